The summed E-state index contributed by atoms with van der Waals surface area (Å²) in [7, 11) is 2.14. The summed E-state index contributed by atoms with van der Waals surface area (Å²) in [5, 5.41) is 3.04. The fourth-order valence-electron chi connectivity index (χ4n) is 2.83. The van der Waals surface area contributed by atoms with Gasteiger partial charge in [-0.15, -0.1) is 0 Å². The highest BCUT2D eigenvalue weighted by Gasteiger charge is 2.37. The van der Waals surface area contributed by atoms with Crippen LogP contribution in [0, 0.1) is 0 Å². The first-order chi connectivity index (χ1) is 9.18. The Labute approximate surface area is 114 Å². The van der Waals surface area contributed by atoms with Crippen LogP contribution in [0.25, 0.3) is 0 Å². The zero-order valence-corrected chi connectivity index (χ0v) is 11.7. The monoisotopic (exact) mass is 262 g/mol. The summed E-state index contributed by atoms with van der Waals surface area (Å²) >= 11 is 0. The van der Waals surface area contributed by atoms with Crippen LogP contribution in [0.15, 0.2) is 18.7 Å². The fourth-order valence-corrected chi connectivity index (χ4v) is 2.83. The van der Waals surface area contributed by atoms with E-state index in [-0.39, 0.29) is 11.4 Å². The number of aromatic nitrogens is 2. The van der Waals surface area contributed by atoms with Crippen LogP contribution in [0.3, 0.4) is 0 Å². The van der Waals surface area contributed by atoms with Gasteiger partial charge in [0, 0.05) is 24.5 Å². The molecule has 1 fully saturated rings. The van der Waals surface area contributed by atoms with Crippen molar-refractivity contribution in [3.05, 3.63) is 24.3 Å². The van der Waals surface area contributed by atoms with E-state index in [2.05, 4.69) is 34.2 Å². The van der Waals surface area contributed by atoms with Crippen molar-refractivity contribution >= 4 is 5.91 Å². The molecule has 1 saturated carbocycles. The minimum Gasteiger partial charge on any atom is -0.350 e. The third kappa shape index (κ3) is 3.10. The number of amides is 1. The summed E-state index contributed by atoms with van der Waals surface area (Å²) in [6.45, 7) is 3.86. The van der Waals surface area contributed by atoms with Gasteiger partial charge in [0.15, 0.2) is 0 Å². The molecule has 1 amide bonds. The van der Waals surface area contributed by atoms with Gasteiger partial charge in [-0.3, -0.25) is 9.69 Å². The largest absolute Gasteiger partial charge is 0.350 e. The van der Waals surface area contributed by atoms with Crippen LogP contribution >= 0.6 is 0 Å². The summed E-state index contributed by atoms with van der Waals surface area (Å²) in [6, 6.07) is 0. The van der Waals surface area contributed by atoms with Gasteiger partial charge in [0.1, 0.15) is 6.33 Å². The molecule has 1 aliphatic carbocycles. The molecule has 0 aliphatic heterocycles. The SMILES string of the molecule is CCN(C)C1(CNC(=O)c2cncnc2)CCCC1. The van der Waals surface area contributed by atoms with E-state index in [1.165, 1.54) is 19.2 Å². The Bertz CT molecular complexity index is 415. The number of carbonyl (C=O) groups is 1. The molecule has 5 nitrogen and oxygen atoms in total. The third-order valence-electron chi connectivity index (χ3n) is 4.22. The van der Waals surface area contributed by atoms with Crippen LogP contribution < -0.4 is 5.32 Å². The molecule has 0 unspecified atom stereocenters. The molecule has 19 heavy (non-hydrogen) atoms. The second-order valence-corrected chi connectivity index (χ2v) is 5.26. The van der Waals surface area contributed by atoms with E-state index < -0.39 is 0 Å². The topological polar surface area (TPSA) is 58.1 Å². The number of hydrogen-bond donors (Lipinski definition) is 1. The molecular formula is C14H22N4O. The minimum atomic E-state index is -0.0867. The molecule has 0 bridgehead atoms. The number of rotatable bonds is 5. The smallest absolute Gasteiger partial charge is 0.254 e. The normalized spacial score (nSPS) is 17.6. The molecule has 1 N–H and O–H groups in total. The van der Waals surface area contributed by atoms with Crippen molar-refractivity contribution in [3.63, 3.8) is 0 Å². The molecule has 1 aromatic rings. The van der Waals surface area contributed by atoms with Crippen molar-refractivity contribution in [3.8, 4) is 0 Å². The predicted octanol–water partition coefficient (Wildman–Crippen LogP) is 1.47. The van der Waals surface area contributed by atoms with Crippen molar-refractivity contribution < 1.29 is 4.79 Å². The lowest BCUT2D eigenvalue weighted by molar-refractivity contribution is 0.0874. The number of carbonyl (C=O) groups excluding carboxylic acids is 1. The number of nitrogens with zero attached hydrogens (tertiary/aromatic N) is 3. The predicted molar refractivity (Wildman–Crippen MR) is 73.9 cm³/mol. The average molecular weight is 262 g/mol. The molecule has 0 spiro atoms. The molecule has 1 heterocycles. The van der Waals surface area contributed by atoms with E-state index in [0.717, 1.165) is 19.4 Å². The van der Waals surface area contributed by atoms with E-state index in [0.29, 0.717) is 12.1 Å². The van der Waals surface area contributed by atoms with Crippen molar-refractivity contribution in [1.29, 1.82) is 0 Å². The van der Waals surface area contributed by atoms with E-state index in [4.69, 9.17) is 0 Å². The first-order valence-electron chi connectivity index (χ1n) is 6.92. The maximum absolute atomic E-state index is 12.0. The van der Waals surface area contributed by atoms with Crippen LogP contribution in [-0.2, 0) is 0 Å². The van der Waals surface area contributed by atoms with E-state index in [1.807, 2.05) is 0 Å². The van der Waals surface area contributed by atoms with E-state index in [1.54, 1.807) is 12.4 Å². The zero-order valence-electron chi connectivity index (χ0n) is 11.7. The van der Waals surface area contributed by atoms with Crippen LogP contribution in [0.2, 0.25) is 0 Å². The van der Waals surface area contributed by atoms with Crippen molar-refractivity contribution in [1.82, 2.24) is 20.2 Å². The second kappa shape index (κ2) is 6.10. The minimum absolute atomic E-state index is 0.0867. The molecule has 5 heteroatoms. The average Bonchev–Trinajstić information content (AvgIpc) is 2.95. The van der Waals surface area contributed by atoms with Crippen LogP contribution in [0.1, 0.15) is 43.0 Å². The molecule has 0 atom stereocenters. The van der Waals surface area contributed by atoms with Crippen LogP contribution in [0.4, 0.5) is 0 Å². The number of hydrogen-bond acceptors (Lipinski definition) is 4. The van der Waals surface area contributed by atoms with E-state index >= 15 is 0 Å². The second-order valence-electron chi connectivity index (χ2n) is 5.26. The summed E-state index contributed by atoms with van der Waals surface area (Å²) in [5.41, 5.74) is 0.648. The van der Waals surface area contributed by atoms with Gasteiger partial charge in [0.2, 0.25) is 0 Å². The summed E-state index contributed by atoms with van der Waals surface area (Å²) < 4.78 is 0. The molecule has 0 aromatic carbocycles. The Morgan fingerprint density at radius 3 is 2.58 bits per heavy atom. The Morgan fingerprint density at radius 1 is 1.37 bits per heavy atom. The number of nitrogens with one attached hydrogen (secondary N) is 1. The van der Waals surface area contributed by atoms with Gasteiger partial charge in [0.25, 0.3) is 5.91 Å². The summed E-state index contributed by atoms with van der Waals surface area (Å²) in [4.78, 5) is 22.2. The van der Waals surface area contributed by atoms with Gasteiger partial charge < -0.3 is 5.32 Å². The summed E-state index contributed by atoms with van der Waals surface area (Å²) in [5.74, 6) is -0.0867. The van der Waals surface area contributed by atoms with Gasteiger partial charge >= 0.3 is 0 Å². The van der Waals surface area contributed by atoms with Gasteiger partial charge in [0.05, 0.1) is 5.56 Å². The van der Waals surface area contributed by atoms with Gasteiger partial charge in [-0.2, -0.15) is 0 Å². The van der Waals surface area contributed by atoms with Crippen LogP contribution in [0.5, 0.6) is 0 Å². The molecular weight excluding hydrogens is 240 g/mol. The molecule has 1 aliphatic rings. The lowest BCUT2D eigenvalue weighted by Crippen LogP contribution is -2.52. The van der Waals surface area contributed by atoms with Crippen molar-refractivity contribution in [2.45, 2.75) is 38.1 Å². The highest BCUT2D eigenvalue weighted by molar-refractivity contribution is 5.93. The van der Waals surface area contributed by atoms with Gasteiger partial charge in [-0.1, -0.05) is 19.8 Å². The molecule has 0 radical (unpaired) electrons. The highest BCUT2D eigenvalue weighted by atomic mass is 16.1. The van der Waals surface area contributed by atoms with Crippen molar-refractivity contribution in [2.75, 3.05) is 20.1 Å². The Morgan fingerprint density at radius 2 is 2.00 bits per heavy atom. The molecule has 0 saturated heterocycles. The lowest BCUT2D eigenvalue weighted by Gasteiger charge is -2.38. The fraction of sp³-hybridized carbons (Fsp3) is 0.643. The maximum atomic E-state index is 12.0. The van der Waals surface area contributed by atoms with Crippen LogP contribution in [-0.4, -0.2) is 46.5 Å². The third-order valence-corrected chi connectivity index (χ3v) is 4.22. The Hall–Kier alpha value is -1.49. The summed E-state index contributed by atoms with van der Waals surface area (Å²) in [6.07, 6.45) is 9.33. The quantitative estimate of drug-likeness (QED) is 0.873. The lowest BCUT2D eigenvalue weighted by atomic mass is 9.95. The van der Waals surface area contributed by atoms with Gasteiger partial charge in [-0.05, 0) is 26.4 Å². The molecule has 2 rings (SSSR count). The Balaban J connectivity index is 1.98. The highest BCUT2D eigenvalue weighted by Crippen LogP contribution is 2.33. The maximum Gasteiger partial charge on any atom is 0.254 e. The first-order valence-corrected chi connectivity index (χ1v) is 6.92. The van der Waals surface area contributed by atoms with Crippen molar-refractivity contribution in [2.24, 2.45) is 0 Å². The molecule has 1 aromatic heterocycles. The first kappa shape index (κ1) is 13.9. The molecule has 104 valence electrons. The van der Waals surface area contributed by atoms with Gasteiger partial charge in [-0.25, -0.2) is 9.97 Å². The number of likely N-dealkylation sites (N-methyl/N-ethyl adjacent to an activating group) is 1. The van der Waals surface area contributed by atoms with E-state index in [9.17, 15) is 4.79 Å². The standard InChI is InChI=1S/C14H22N4O/c1-3-18(2)14(6-4-5-7-14)10-17-13(19)12-8-15-11-16-9-12/h8-9,11H,3-7,10H2,1-2H3,(H,17,19). The Kier molecular flexibility index (Phi) is 4.47. The zero-order chi connectivity index (χ0) is 13.7.